The van der Waals surface area contributed by atoms with Gasteiger partial charge >= 0.3 is 0 Å². The summed E-state index contributed by atoms with van der Waals surface area (Å²) >= 11 is 3.57. The molecule has 158 valence electrons. The van der Waals surface area contributed by atoms with Crippen molar-refractivity contribution in [3.05, 3.63) is 87.6 Å². The van der Waals surface area contributed by atoms with Gasteiger partial charge in [-0.25, -0.2) is 9.40 Å². The first kappa shape index (κ1) is 19.9. The van der Waals surface area contributed by atoms with Crippen LogP contribution in [-0.2, 0) is 0 Å². The average Bonchev–Trinajstić information content (AvgIpc) is 3.24. The number of hydrogen-bond donors (Lipinski definition) is 0. The van der Waals surface area contributed by atoms with Crippen LogP contribution in [-0.4, -0.2) is 24.9 Å². The Balaban J connectivity index is 1.60. The molecular formula is C24H20BrFN2O3. The van der Waals surface area contributed by atoms with Crippen molar-refractivity contribution in [2.24, 2.45) is 5.10 Å². The molecule has 0 spiro atoms. The van der Waals surface area contributed by atoms with Crippen LogP contribution in [0.1, 0.15) is 35.4 Å². The number of halogens is 2. The van der Waals surface area contributed by atoms with Crippen LogP contribution in [0.5, 0.6) is 17.2 Å². The van der Waals surface area contributed by atoms with E-state index in [0.717, 1.165) is 32.6 Å². The molecule has 7 heteroatoms. The summed E-state index contributed by atoms with van der Waals surface area (Å²) < 4.78 is 31.7. The van der Waals surface area contributed by atoms with Gasteiger partial charge in [0.1, 0.15) is 11.6 Å². The van der Waals surface area contributed by atoms with Crippen molar-refractivity contribution < 1.29 is 18.6 Å². The van der Waals surface area contributed by atoms with Gasteiger partial charge in [0.05, 0.1) is 26.0 Å². The van der Waals surface area contributed by atoms with Crippen molar-refractivity contribution in [2.45, 2.75) is 18.7 Å². The van der Waals surface area contributed by atoms with E-state index in [1.165, 1.54) is 12.1 Å². The Hall–Kier alpha value is -3.06. The zero-order chi connectivity index (χ0) is 21.5. The van der Waals surface area contributed by atoms with Gasteiger partial charge in [-0.15, -0.1) is 0 Å². The lowest BCUT2D eigenvalue weighted by Crippen LogP contribution is -2.33. The molecule has 0 fully saturated rings. The molecule has 0 bridgehead atoms. The van der Waals surface area contributed by atoms with E-state index in [-0.39, 0.29) is 11.9 Å². The number of hydrogen-bond acceptors (Lipinski definition) is 5. The predicted octanol–water partition coefficient (Wildman–Crippen LogP) is 5.85. The summed E-state index contributed by atoms with van der Waals surface area (Å²) in [5.41, 5.74) is 3.76. The maximum absolute atomic E-state index is 13.4. The Labute approximate surface area is 188 Å². The van der Waals surface area contributed by atoms with Crippen LogP contribution in [0.25, 0.3) is 0 Å². The summed E-state index contributed by atoms with van der Waals surface area (Å²) in [5, 5.41) is 6.89. The van der Waals surface area contributed by atoms with Crippen LogP contribution in [0.4, 0.5) is 4.39 Å². The highest BCUT2D eigenvalue weighted by Gasteiger charge is 2.41. The minimum absolute atomic E-state index is 0.000556. The van der Waals surface area contributed by atoms with Crippen LogP contribution >= 0.6 is 15.9 Å². The van der Waals surface area contributed by atoms with E-state index in [4.69, 9.17) is 19.3 Å². The molecule has 31 heavy (non-hydrogen) atoms. The van der Waals surface area contributed by atoms with E-state index in [2.05, 4.69) is 22.0 Å². The summed E-state index contributed by atoms with van der Waals surface area (Å²) in [6, 6.07) is 18.2. The van der Waals surface area contributed by atoms with Gasteiger partial charge in [0.15, 0.2) is 11.5 Å². The molecule has 0 saturated carbocycles. The number of fused-ring (bicyclic) bond motifs is 3. The molecule has 3 aromatic carbocycles. The molecule has 0 unspecified atom stereocenters. The maximum atomic E-state index is 13.4. The molecule has 0 aromatic heterocycles. The van der Waals surface area contributed by atoms with Gasteiger partial charge in [-0.05, 0) is 54.1 Å². The number of nitrogens with zero attached hydrogens (tertiary/aromatic N) is 2. The van der Waals surface area contributed by atoms with E-state index in [1.807, 2.05) is 35.3 Å². The van der Waals surface area contributed by atoms with E-state index < -0.39 is 6.23 Å². The summed E-state index contributed by atoms with van der Waals surface area (Å²) in [6.45, 7) is 0. The molecule has 5 rings (SSSR count). The van der Waals surface area contributed by atoms with Crippen LogP contribution in [0.3, 0.4) is 0 Å². The standard InChI is InChI=1S/C24H20BrFN2O3/c1-29-22-9-5-15(11-23(22)30-2)24-28-20(18-12-16(25)6-10-21(18)31-24)13-19(27-28)14-3-7-17(26)8-4-14/h3-12,20,24H,13H2,1-2H3/t20-,24+/m0/s1. The van der Waals surface area contributed by atoms with Crippen molar-refractivity contribution in [3.63, 3.8) is 0 Å². The summed E-state index contributed by atoms with van der Waals surface area (Å²) in [6.07, 6.45) is 0.263. The summed E-state index contributed by atoms with van der Waals surface area (Å²) in [4.78, 5) is 0. The van der Waals surface area contributed by atoms with Crippen LogP contribution in [0.15, 0.2) is 70.2 Å². The van der Waals surface area contributed by atoms with E-state index in [9.17, 15) is 4.39 Å². The van der Waals surface area contributed by atoms with E-state index in [0.29, 0.717) is 17.9 Å². The van der Waals surface area contributed by atoms with Crippen LogP contribution in [0.2, 0.25) is 0 Å². The summed E-state index contributed by atoms with van der Waals surface area (Å²) in [7, 11) is 3.22. The average molecular weight is 483 g/mol. The zero-order valence-electron chi connectivity index (χ0n) is 17.0. The number of methoxy groups -OCH3 is 2. The van der Waals surface area contributed by atoms with Crippen molar-refractivity contribution in [1.82, 2.24) is 5.01 Å². The predicted molar refractivity (Wildman–Crippen MR) is 119 cm³/mol. The summed E-state index contributed by atoms with van der Waals surface area (Å²) in [5.74, 6) is 1.84. The molecule has 0 amide bonds. The second-order valence-corrected chi connectivity index (χ2v) is 8.34. The largest absolute Gasteiger partial charge is 0.493 e. The SMILES string of the molecule is COc1ccc([C@H]2Oc3ccc(Br)cc3[C@@H]3CC(c4ccc(F)cc4)=NN23)cc1OC. The minimum atomic E-state index is -0.434. The first-order chi connectivity index (χ1) is 15.1. The lowest BCUT2D eigenvalue weighted by atomic mass is 9.96. The second-order valence-electron chi connectivity index (χ2n) is 7.42. The number of hydrazone groups is 1. The quantitative estimate of drug-likeness (QED) is 0.467. The molecule has 0 N–H and O–H groups in total. The highest BCUT2D eigenvalue weighted by molar-refractivity contribution is 9.10. The number of ether oxygens (including phenoxy) is 3. The Morgan fingerprint density at radius 1 is 1.00 bits per heavy atom. The number of rotatable bonds is 4. The Kier molecular flexibility index (Phi) is 5.06. The molecule has 2 aliphatic heterocycles. The first-order valence-corrected chi connectivity index (χ1v) is 10.7. The van der Waals surface area contributed by atoms with Gasteiger partial charge in [-0.2, -0.15) is 5.10 Å². The van der Waals surface area contributed by atoms with E-state index >= 15 is 0 Å². The van der Waals surface area contributed by atoms with Crippen LogP contribution in [0, 0.1) is 5.82 Å². The molecule has 2 atom stereocenters. The van der Waals surface area contributed by atoms with Gasteiger partial charge in [-0.3, -0.25) is 0 Å². The molecular weight excluding hydrogens is 463 g/mol. The monoisotopic (exact) mass is 482 g/mol. The van der Waals surface area contributed by atoms with Gasteiger partial charge < -0.3 is 14.2 Å². The highest BCUT2D eigenvalue weighted by Crippen LogP contribution is 2.48. The van der Waals surface area contributed by atoms with E-state index in [1.54, 1.807) is 26.4 Å². The Morgan fingerprint density at radius 2 is 1.77 bits per heavy atom. The molecule has 0 aliphatic carbocycles. The molecule has 2 aliphatic rings. The third-order valence-corrected chi connectivity index (χ3v) is 6.12. The smallest absolute Gasteiger partial charge is 0.214 e. The molecule has 2 heterocycles. The third kappa shape index (κ3) is 3.53. The van der Waals surface area contributed by atoms with Gasteiger partial charge in [0.2, 0.25) is 6.23 Å². The fourth-order valence-corrected chi connectivity index (χ4v) is 4.48. The van der Waals surface area contributed by atoms with Crippen molar-refractivity contribution in [1.29, 1.82) is 0 Å². The molecule has 5 nitrogen and oxygen atoms in total. The Morgan fingerprint density at radius 3 is 2.52 bits per heavy atom. The van der Waals surface area contributed by atoms with Gasteiger partial charge in [-0.1, -0.05) is 28.1 Å². The highest BCUT2D eigenvalue weighted by atomic mass is 79.9. The first-order valence-electron chi connectivity index (χ1n) is 9.87. The Bertz CT molecular complexity index is 1170. The lowest BCUT2D eigenvalue weighted by Gasteiger charge is -2.38. The zero-order valence-corrected chi connectivity index (χ0v) is 18.6. The topological polar surface area (TPSA) is 43.3 Å². The molecule has 0 radical (unpaired) electrons. The third-order valence-electron chi connectivity index (χ3n) is 5.62. The van der Waals surface area contributed by atoms with Crippen molar-refractivity contribution >= 4 is 21.6 Å². The van der Waals surface area contributed by atoms with Gasteiger partial charge in [0.25, 0.3) is 0 Å². The van der Waals surface area contributed by atoms with Crippen LogP contribution < -0.4 is 14.2 Å². The lowest BCUT2D eigenvalue weighted by molar-refractivity contribution is -0.0192. The second kappa shape index (κ2) is 7.89. The minimum Gasteiger partial charge on any atom is -0.493 e. The molecule has 3 aromatic rings. The van der Waals surface area contributed by atoms with Crippen molar-refractivity contribution in [2.75, 3.05) is 14.2 Å². The fraction of sp³-hybridized carbons (Fsp3) is 0.208. The fourth-order valence-electron chi connectivity index (χ4n) is 4.10. The van der Waals surface area contributed by atoms with Crippen molar-refractivity contribution in [3.8, 4) is 17.2 Å². The normalized spacial score (nSPS) is 19.2. The molecule has 0 saturated heterocycles. The number of benzene rings is 3. The van der Waals surface area contributed by atoms with Gasteiger partial charge in [0, 0.05) is 22.0 Å². The maximum Gasteiger partial charge on any atom is 0.214 e.